The van der Waals surface area contributed by atoms with E-state index in [9.17, 15) is 4.79 Å². The molecule has 3 aromatic heterocycles. The van der Waals surface area contributed by atoms with Crippen LogP contribution in [-0.4, -0.2) is 20.7 Å². The van der Waals surface area contributed by atoms with Gasteiger partial charge in [-0.1, -0.05) is 18.2 Å². The summed E-state index contributed by atoms with van der Waals surface area (Å²) in [6.45, 7) is 0.411. The Morgan fingerprint density at radius 3 is 2.92 bits per heavy atom. The van der Waals surface area contributed by atoms with Gasteiger partial charge in [-0.2, -0.15) is 5.10 Å². The Morgan fingerprint density at radius 2 is 2.12 bits per heavy atom. The molecule has 0 saturated heterocycles. The third-order valence-electron chi connectivity index (χ3n) is 3.62. The summed E-state index contributed by atoms with van der Waals surface area (Å²) < 4.78 is 6.77. The van der Waals surface area contributed by atoms with Gasteiger partial charge in [0.1, 0.15) is 10.7 Å². The summed E-state index contributed by atoms with van der Waals surface area (Å²) in [6, 6.07) is 11.7. The zero-order valence-corrected chi connectivity index (χ0v) is 13.9. The van der Waals surface area contributed by atoms with Gasteiger partial charge in [0.15, 0.2) is 0 Å². The molecule has 1 aromatic carbocycles. The lowest BCUT2D eigenvalue weighted by Crippen LogP contribution is -2.22. The minimum absolute atomic E-state index is 0.209. The molecule has 3 heterocycles. The molecule has 25 heavy (non-hydrogen) atoms. The SMILES string of the molecule is O=C(NCc1ccoc1)c1csc(-c2cnn(-c3ccccc3)c2)n1. The molecule has 0 atom stereocenters. The van der Waals surface area contributed by atoms with Crippen molar-refractivity contribution in [3.8, 4) is 16.3 Å². The maximum atomic E-state index is 12.2. The Labute approximate surface area is 147 Å². The fourth-order valence-electron chi connectivity index (χ4n) is 2.33. The van der Waals surface area contributed by atoms with Gasteiger partial charge in [-0.05, 0) is 18.2 Å². The van der Waals surface area contributed by atoms with Crippen LogP contribution in [-0.2, 0) is 6.54 Å². The standard InChI is InChI=1S/C18H14N4O2S/c23-17(19-8-13-6-7-24-11-13)16-12-25-18(21-16)14-9-20-22(10-14)15-4-2-1-3-5-15/h1-7,9-12H,8H2,(H,19,23). The number of carbonyl (C=O) groups is 1. The summed E-state index contributed by atoms with van der Waals surface area (Å²) in [5.41, 5.74) is 3.16. The minimum Gasteiger partial charge on any atom is -0.472 e. The molecule has 0 aliphatic carbocycles. The van der Waals surface area contributed by atoms with Gasteiger partial charge in [0.05, 0.1) is 24.4 Å². The first-order chi connectivity index (χ1) is 12.3. The summed E-state index contributed by atoms with van der Waals surface area (Å²) in [5, 5.41) is 9.69. The van der Waals surface area contributed by atoms with Crippen molar-refractivity contribution in [3.05, 3.63) is 78.0 Å². The number of nitrogens with zero attached hydrogens (tertiary/aromatic N) is 3. The molecule has 0 bridgehead atoms. The molecule has 6 nitrogen and oxygen atoms in total. The van der Waals surface area contributed by atoms with Crippen molar-refractivity contribution in [1.29, 1.82) is 0 Å². The molecule has 1 N–H and O–H groups in total. The number of hydrogen-bond acceptors (Lipinski definition) is 5. The summed E-state index contributed by atoms with van der Waals surface area (Å²) in [5.74, 6) is -0.209. The first-order valence-electron chi connectivity index (χ1n) is 7.65. The minimum atomic E-state index is -0.209. The number of rotatable bonds is 5. The number of nitrogens with one attached hydrogen (secondary N) is 1. The Kier molecular flexibility index (Phi) is 4.14. The molecule has 0 unspecified atom stereocenters. The van der Waals surface area contributed by atoms with Crippen molar-refractivity contribution in [1.82, 2.24) is 20.1 Å². The van der Waals surface area contributed by atoms with Gasteiger partial charge in [0.2, 0.25) is 0 Å². The predicted octanol–water partition coefficient (Wildman–Crippen LogP) is 3.52. The Morgan fingerprint density at radius 1 is 1.24 bits per heavy atom. The molecule has 0 fully saturated rings. The summed E-state index contributed by atoms with van der Waals surface area (Å²) in [7, 11) is 0. The smallest absolute Gasteiger partial charge is 0.271 e. The monoisotopic (exact) mass is 350 g/mol. The van der Waals surface area contributed by atoms with Crippen LogP contribution in [0.3, 0.4) is 0 Å². The zero-order chi connectivity index (χ0) is 17.1. The van der Waals surface area contributed by atoms with E-state index in [1.54, 1.807) is 28.8 Å². The molecule has 0 aliphatic heterocycles. The molecule has 1 amide bonds. The maximum absolute atomic E-state index is 12.2. The van der Waals surface area contributed by atoms with Crippen molar-refractivity contribution in [2.24, 2.45) is 0 Å². The topological polar surface area (TPSA) is 73.0 Å². The predicted molar refractivity (Wildman–Crippen MR) is 94.6 cm³/mol. The van der Waals surface area contributed by atoms with Crippen LogP contribution in [0.2, 0.25) is 0 Å². The summed E-state index contributed by atoms with van der Waals surface area (Å²) in [4.78, 5) is 16.6. The average molecular weight is 350 g/mol. The molecule has 4 rings (SSSR count). The van der Waals surface area contributed by atoms with E-state index < -0.39 is 0 Å². The molecule has 0 radical (unpaired) electrons. The highest BCUT2D eigenvalue weighted by Gasteiger charge is 2.13. The Bertz CT molecular complexity index is 974. The molecule has 0 saturated carbocycles. The number of furan rings is 1. The zero-order valence-electron chi connectivity index (χ0n) is 13.1. The van der Waals surface area contributed by atoms with Crippen LogP contribution in [0.4, 0.5) is 0 Å². The Balaban J connectivity index is 1.48. The maximum Gasteiger partial charge on any atom is 0.271 e. The van der Waals surface area contributed by atoms with E-state index >= 15 is 0 Å². The number of carbonyl (C=O) groups excluding carboxylic acids is 1. The summed E-state index contributed by atoms with van der Waals surface area (Å²) in [6.07, 6.45) is 6.83. The number of aromatic nitrogens is 3. The van der Waals surface area contributed by atoms with Gasteiger partial charge >= 0.3 is 0 Å². The van der Waals surface area contributed by atoms with Crippen LogP contribution in [0.15, 0.2) is 71.1 Å². The van der Waals surface area contributed by atoms with E-state index in [0.717, 1.165) is 21.8 Å². The molecule has 7 heteroatoms. The van der Waals surface area contributed by atoms with Crippen LogP contribution in [0, 0.1) is 0 Å². The van der Waals surface area contributed by atoms with Crippen molar-refractivity contribution >= 4 is 17.2 Å². The van der Waals surface area contributed by atoms with Crippen molar-refractivity contribution < 1.29 is 9.21 Å². The van der Waals surface area contributed by atoms with Crippen LogP contribution in [0.1, 0.15) is 16.1 Å². The fraction of sp³-hybridized carbons (Fsp3) is 0.0556. The first-order valence-corrected chi connectivity index (χ1v) is 8.53. The fourth-order valence-corrected chi connectivity index (χ4v) is 3.11. The first kappa shape index (κ1) is 15.3. The van der Waals surface area contributed by atoms with E-state index in [-0.39, 0.29) is 5.91 Å². The average Bonchev–Trinajstić information content (AvgIpc) is 3.41. The van der Waals surface area contributed by atoms with Gasteiger partial charge < -0.3 is 9.73 Å². The van der Waals surface area contributed by atoms with Crippen molar-refractivity contribution in [2.75, 3.05) is 0 Å². The third-order valence-corrected chi connectivity index (χ3v) is 4.51. The second kappa shape index (κ2) is 6.74. The van der Waals surface area contributed by atoms with E-state index in [2.05, 4.69) is 15.4 Å². The third kappa shape index (κ3) is 3.36. The molecule has 0 spiro atoms. The van der Waals surface area contributed by atoms with Crippen molar-refractivity contribution in [2.45, 2.75) is 6.54 Å². The van der Waals surface area contributed by atoms with Crippen LogP contribution >= 0.6 is 11.3 Å². The van der Waals surface area contributed by atoms with Crippen LogP contribution < -0.4 is 5.32 Å². The van der Waals surface area contributed by atoms with E-state index in [1.807, 2.05) is 42.6 Å². The highest BCUT2D eigenvalue weighted by atomic mass is 32.1. The second-order valence-corrected chi connectivity index (χ2v) is 6.22. The lowest BCUT2D eigenvalue weighted by Gasteiger charge is -2.00. The molecule has 4 aromatic rings. The number of para-hydroxylation sites is 1. The second-order valence-electron chi connectivity index (χ2n) is 5.36. The number of benzene rings is 1. The van der Waals surface area contributed by atoms with Gasteiger partial charge in [0, 0.05) is 29.2 Å². The lowest BCUT2D eigenvalue weighted by molar-refractivity contribution is 0.0946. The summed E-state index contributed by atoms with van der Waals surface area (Å²) >= 11 is 1.42. The van der Waals surface area contributed by atoms with Gasteiger partial charge in [0.25, 0.3) is 5.91 Å². The number of hydrogen-bond donors (Lipinski definition) is 1. The van der Waals surface area contributed by atoms with Gasteiger partial charge in [-0.3, -0.25) is 4.79 Å². The van der Waals surface area contributed by atoms with E-state index in [0.29, 0.717) is 12.2 Å². The van der Waals surface area contributed by atoms with Crippen LogP contribution in [0.25, 0.3) is 16.3 Å². The van der Waals surface area contributed by atoms with Gasteiger partial charge in [-0.25, -0.2) is 9.67 Å². The number of amides is 1. The highest BCUT2D eigenvalue weighted by Crippen LogP contribution is 2.24. The van der Waals surface area contributed by atoms with Crippen LogP contribution in [0.5, 0.6) is 0 Å². The highest BCUT2D eigenvalue weighted by molar-refractivity contribution is 7.13. The van der Waals surface area contributed by atoms with Crippen molar-refractivity contribution in [3.63, 3.8) is 0 Å². The largest absolute Gasteiger partial charge is 0.472 e. The number of thiazole rings is 1. The van der Waals surface area contributed by atoms with E-state index in [1.165, 1.54) is 11.3 Å². The van der Waals surface area contributed by atoms with Gasteiger partial charge in [-0.15, -0.1) is 11.3 Å². The quantitative estimate of drug-likeness (QED) is 0.598. The molecular formula is C18H14N4O2S. The molecule has 124 valence electrons. The molecule has 0 aliphatic rings. The Hall–Kier alpha value is -3.19. The van der Waals surface area contributed by atoms with E-state index in [4.69, 9.17) is 4.42 Å². The molecular weight excluding hydrogens is 336 g/mol. The lowest BCUT2D eigenvalue weighted by atomic mass is 10.3. The normalized spacial score (nSPS) is 10.7.